The molecule has 2 rings (SSSR count). The van der Waals surface area contributed by atoms with Crippen LogP contribution in [0.3, 0.4) is 0 Å². The Labute approximate surface area is 84.1 Å². The minimum absolute atomic E-state index is 0.455. The van der Waals surface area contributed by atoms with Crippen LogP contribution in [0.15, 0.2) is 24.3 Å². The lowest BCUT2D eigenvalue weighted by atomic mass is 10.0. The average Bonchev–Trinajstić information content (AvgIpc) is 2.89. The SMILES string of the molecule is Cc1ccc(CC(F)C2(N)CC2)cc1. The zero-order chi connectivity index (χ0) is 10.2. The lowest BCUT2D eigenvalue weighted by molar-refractivity contribution is 0.266. The summed E-state index contributed by atoms with van der Waals surface area (Å²) in [5.41, 5.74) is 7.53. The first-order valence-electron chi connectivity index (χ1n) is 5.09. The fourth-order valence-electron chi connectivity index (χ4n) is 1.59. The molecule has 1 aromatic rings. The monoisotopic (exact) mass is 193 g/mol. The highest BCUT2D eigenvalue weighted by atomic mass is 19.1. The highest BCUT2D eigenvalue weighted by Gasteiger charge is 2.46. The van der Waals surface area contributed by atoms with E-state index >= 15 is 0 Å². The Morgan fingerprint density at radius 1 is 1.36 bits per heavy atom. The van der Waals surface area contributed by atoms with Crippen molar-refractivity contribution in [2.75, 3.05) is 0 Å². The molecule has 1 unspecified atom stereocenters. The van der Waals surface area contributed by atoms with E-state index in [0.717, 1.165) is 18.4 Å². The Kier molecular flexibility index (Phi) is 2.31. The quantitative estimate of drug-likeness (QED) is 0.783. The molecular formula is C12H16FN. The van der Waals surface area contributed by atoms with Crippen LogP contribution in [-0.2, 0) is 6.42 Å². The van der Waals surface area contributed by atoms with Gasteiger partial charge in [-0.15, -0.1) is 0 Å². The van der Waals surface area contributed by atoms with E-state index in [1.54, 1.807) is 0 Å². The summed E-state index contributed by atoms with van der Waals surface area (Å²) in [4.78, 5) is 0. The molecule has 1 fully saturated rings. The summed E-state index contributed by atoms with van der Waals surface area (Å²) in [6.07, 6.45) is 1.24. The Bertz CT molecular complexity index is 314. The molecule has 1 aromatic carbocycles. The van der Waals surface area contributed by atoms with Gasteiger partial charge in [0.25, 0.3) is 0 Å². The van der Waals surface area contributed by atoms with Crippen LogP contribution in [-0.4, -0.2) is 11.7 Å². The average molecular weight is 193 g/mol. The van der Waals surface area contributed by atoms with E-state index < -0.39 is 11.7 Å². The van der Waals surface area contributed by atoms with Crippen molar-refractivity contribution < 1.29 is 4.39 Å². The number of hydrogen-bond acceptors (Lipinski definition) is 1. The third-order valence-electron chi connectivity index (χ3n) is 2.99. The largest absolute Gasteiger partial charge is 0.323 e. The number of benzene rings is 1. The Balaban J connectivity index is 2.00. The number of nitrogens with two attached hydrogens (primary N) is 1. The highest BCUT2D eigenvalue weighted by molar-refractivity contribution is 5.23. The summed E-state index contributed by atoms with van der Waals surface area (Å²) in [6, 6.07) is 7.98. The topological polar surface area (TPSA) is 26.0 Å². The van der Waals surface area contributed by atoms with E-state index in [0.29, 0.717) is 6.42 Å². The van der Waals surface area contributed by atoms with Crippen molar-refractivity contribution in [2.24, 2.45) is 5.73 Å². The van der Waals surface area contributed by atoms with E-state index in [-0.39, 0.29) is 0 Å². The number of aryl methyl sites for hydroxylation is 1. The molecule has 1 saturated carbocycles. The predicted octanol–water partition coefficient (Wildman–Crippen LogP) is 2.37. The van der Waals surface area contributed by atoms with E-state index in [2.05, 4.69) is 0 Å². The molecule has 1 aliphatic rings. The van der Waals surface area contributed by atoms with Crippen LogP contribution >= 0.6 is 0 Å². The van der Waals surface area contributed by atoms with Gasteiger partial charge in [0.1, 0.15) is 6.17 Å². The molecule has 1 atom stereocenters. The maximum absolute atomic E-state index is 13.6. The first-order valence-corrected chi connectivity index (χ1v) is 5.09. The molecule has 0 aliphatic heterocycles. The van der Waals surface area contributed by atoms with Crippen molar-refractivity contribution in [3.05, 3.63) is 35.4 Å². The molecule has 0 radical (unpaired) electrons. The highest BCUT2D eigenvalue weighted by Crippen LogP contribution is 2.38. The van der Waals surface area contributed by atoms with Crippen molar-refractivity contribution in [1.82, 2.24) is 0 Å². The van der Waals surface area contributed by atoms with Crippen LogP contribution in [0.5, 0.6) is 0 Å². The van der Waals surface area contributed by atoms with Gasteiger partial charge in [-0.25, -0.2) is 4.39 Å². The second kappa shape index (κ2) is 3.35. The van der Waals surface area contributed by atoms with E-state index in [1.807, 2.05) is 31.2 Å². The summed E-state index contributed by atoms with van der Waals surface area (Å²) in [7, 11) is 0. The van der Waals surface area contributed by atoms with Gasteiger partial charge in [0.2, 0.25) is 0 Å². The van der Waals surface area contributed by atoms with Crippen LogP contribution in [0, 0.1) is 6.92 Å². The van der Waals surface area contributed by atoms with E-state index in [1.165, 1.54) is 5.56 Å². The van der Waals surface area contributed by atoms with Gasteiger partial charge in [-0.2, -0.15) is 0 Å². The van der Waals surface area contributed by atoms with Crippen LogP contribution in [0.25, 0.3) is 0 Å². The smallest absolute Gasteiger partial charge is 0.122 e. The van der Waals surface area contributed by atoms with Crippen molar-refractivity contribution >= 4 is 0 Å². The summed E-state index contributed by atoms with van der Waals surface area (Å²) >= 11 is 0. The number of halogens is 1. The van der Waals surface area contributed by atoms with Crippen molar-refractivity contribution in [1.29, 1.82) is 0 Å². The summed E-state index contributed by atoms with van der Waals surface area (Å²) in [5, 5.41) is 0. The fourth-order valence-corrected chi connectivity index (χ4v) is 1.59. The Morgan fingerprint density at radius 3 is 2.43 bits per heavy atom. The third-order valence-corrected chi connectivity index (χ3v) is 2.99. The van der Waals surface area contributed by atoms with E-state index in [4.69, 9.17) is 5.73 Å². The molecule has 0 heterocycles. The van der Waals surface area contributed by atoms with Crippen molar-refractivity contribution in [3.63, 3.8) is 0 Å². The Hall–Kier alpha value is -0.890. The molecule has 0 bridgehead atoms. The van der Waals surface area contributed by atoms with Crippen LogP contribution in [0.1, 0.15) is 24.0 Å². The van der Waals surface area contributed by atoms with Crippen LogP contribution in [0.4, 0.5) is 4.39 Å². The first-order chi connectivity index (χ1) is 6.60. The standard InChI is InChI=1S/C12H16FN/c1-9-2-4-10(5-3-9)8-11(13)12(14)6-7-12/h2-5,11H,6-8,14H2,1H3. The lowest BCUT2D eigenvalue weighted by Crippen LogP contribution is -2.35. The van der Waals surface area contributed by atoms with Gasteiger partial charge < -0.3 is 5.73 Å². The number of rotatable bonds is 3. The Morgan fingerprint density at radius 2 is 1.93 bits per heavy atom. The number of hydrogen-bond donors (Lipinski definition) is 1. The van der Waals surface area contributed by atoms with E-state index in [9.17, 15) is 4.39 Å². The maximum atomic E-state index is 13.6. The molecule has 76 valence electrons. The van der Waals surface area contributed by atoms with Crippen molar-refractivity contribution in [2.45, 2.75) is 37.9 Å². The molecule has 2 heteroatoms. The second-order valence-corrected chi connectivity index (χ2v) is 4.39. The summed E-state index contributed by atoms with van der Waals surface area (Å²) in [6.45, 7) is 2.03. The minimum atomic E-state index is -0.884. The maximum Gasteiger partial charge on any atom is 0.122 e. The van der Waals surface area contributed by atoms with Gasteiger partial charge >= 0.3 is 0 Å². The van der Waals surface area contributed by atoms with Gasteiger partial charge in [0.15, 0.2) is 0 Å². The zero-order valence-electron chi connectivity index (χ0n) is 8.46. The molecule has 0 spiro atoms. The van der Waals surface area contributed by atoms with Crippen molar-refractivity contribution in [3.8, 4) is 0 Å². The van der Waals surface area contributed by atoms with Gasteiger partial charge in [-0.1, -0.05) is 29.8 Å². The molecule has 14 heavy (non-hydrogen) atoms. The van der Waals surface area contributed by atoms with Gasteiger partial charge in [0, 0.05) is 12.0 Å². The normalized spacial score (nSPS) is 20.5. The fraction of sp³-hybridized carbons (Fsp3) is 0.500. The van der Waals surface area contributed by atoms with Gasteiger partial charge in [-0.05, 0) is 25.3 Å². The van der Waals surface area contributed by atoms with Crippen LogP contribution < -0.4 is 5.73 Å². The molecule has 0 saturated heterocycles. The first kappa shape index (κ1) is 9.66. The molecule has 1 nitrogen and oxygen atoms in total. The molecule has 0 aromatic heterocycles. The zero-order valence-corrected chi connectivity index (χ0v) is 8.46. The van der Waals surface area contributed by atoms with Gasteiger partial charge in [0.05, 0.1) is 0 Å². The molecule has 2 N–H and O–H groups in total. The van der Waals surface area contributed by atoms with Crippen LogP contribution in [0.2, 0.25) is 0 Å². The predicted molar refractivity (Wildman–Crippen MR) is 55.9 cm³/mol. The minimum Gasteiger partial charge on any atom is -0.323 e. The molecule has 0 amide bonds. The lowest BCUT2D eigenvalue weighted by Gasteiger charge is -2.14. The second-order valence-electron chi connectivity index (χ2n) is 4.39. The number of alkyl halides is 1. The summed E-state index contributed by atoms with van der Waals surface area (Å²) in [5.74, 6) is 0. The van der Waals surface area contributed by atoms with Gasteiger partial charge in [-0.3, -0.25) is 0 Å². The molecule has 1 aliphatic carbocycles. The summed E-state index contributed by atoms with van der Waals surface area (Å²) < 4.78 is 13.6. The third kappa shape index (κ3) is 1.95. The molecular weight excluding hydrogens is 177 g/mol.